The normalized spacial score (nSPS) is 20.1. The van der Waals surface area contributed by atoms with E-state index in [1.54, 1.807) is 7.11 Å². The standard InChI is InChI=1S/C16H21ClN2O/c1-11-14-7-13(17)3-4-15(14)18-16(11)9-19-6-5-12(8-19)10-20-2/h3-4,7,12,18H,5-6,8-10H2,1-2H3/t12-/m0/s1. The highest BCUT2D eigenvalue weighted by Gasteiger charge is 2.23. The Hall–Kier alpha value is -1.03. The second-order valence-corrected chi connectivity index (χ2v) is 6.20. The summed E-state index contributed by atoms with van der Waals surface area (Å²) in [4.78, 5) is 6.04. The number of H-pyrrole nitrogens is 1. The van der Waals surface area contributed by atoms with Crippen LogP contribution in [0, 0.1) is 12.8 Å². The van der Waals surface area contributed by atoms with Crippen molar-refractivity contribution in [1.29, 1.82) is 0 Å². The number of halogens is 1. The van der Waals surface area contributed by atoms with Gasteiger partial charge in [-0.2, -0.15) is 0 Å². The Labute approximate surface area is 124 Å². The summed E-state index contributed by atoms with van der Waals surface area (Å²) in [5.74, 6) is 0.680. The number of nitrogens with zero attached hydrogens (tertiary/aromatic N) is 1. The van der Waals surface area contributed by atoms with Gasteiger partial charge in [0.15, 0.2) is 0 Å². The summed E-state index contributed by atoms with van der Waals surface area (Å²) in [6.45, 7) is 6.32. The monoisotopic (exact) mass is 292 g/mol. The van der Waals surface area contributed by atoms with Crippen molar-refractivity contribution in [2.24, 2.45) is 5.92 Å². The smallest absolute Gasteiger partial charge is 0.0503 e. The summed E-state index contributed by atoms with van der Waals surface area (Å²) in [6, 6.07) is 6.05. The number of ether oxygens (including phenoxy) is 1. The van der Waals surface area contributed by atoms with Crippen molar-refractivity contribution in [3.8, 4) is 0 Å². The average molecular weight is 293 g/mol. The quantitative estimate of drug-likeness (QED) is 0.932. The van der Waals surface area contributed by atoms with Crippen molar-refractivity contribution in [2.75, 3.05) is 26.8 Å². The minimum absolute atomic E-state index is 0.680. The lowest BCUT2D eigenvalue weighted by atomic mass is 10.1. The SMILES string of the molecule is COC[C@H]1CCN(Cc2[nH]c3ccc(Cl)cc3c2C)C1. The maximum absolute atomic E-state index is 6.09. The van der Waals surface area contributed by atoms with Crippen molar-refractivity contribution in [3.05, 3.63) is 34.5 Å². The maximum atomic E-state index is 6.09. The topological polar surface area (TPSA) is 28.3 Å². The lowest BCUT2D eigenvalue weighted by Crippen LogP contribution is -2.21. The molecule has 1 saturated heterocycles. The predicted molar refractivity (Wildman–Crippen MR) is 83.3 cm³/mol. The number of methoxy groups -OCH3 is 1. The van der Waals surface area contributed by atoms with Crippen LogP contribution in [0.15, 0.2) is 18.2 Å². The lowest BCUT2D eigenvalue weighted by molar-refractivity contribution is 0.152. The van der Waals surface area contributed by atoms with Gasteiger partial charge in [-0.3, -0.25) is 4.90 Å². The van der Waals surface area contributed by atoms with Gasteiger partial charge >= 0.3 is 0 Å². The second kappa shape index (κ2) is 5.76. The van der Waals surface area contributed by atoms with Crippen molar-refractivity contribution < 1.29 is 4.74 Å². The molecule has 2 heterocycles. The van der Waals surface area contributed by atoms with E-state index in [1.807, 2.05) is 12.1 Å². The molecule has 1 N–H and O–H groups in total. The Morgan fingerprint density at radius 1 is 1.45 bits per heavy atom. The van der Waals surface area contributed by atoms with Crippen LogP contribution in [0.2, 0.25) is 5.02 Å². The molecule has 0 aliphatic carbocycles. The molecule has 20 heavy (non-hydrogen) atoms. The lowest BCUT2D eigenvalue weighted by Gasteiger charge is -2.15. The molecule has 0 saturated carbocycles. The van der Waals surface area contributed by atoms with Gasteiger partial charge in [-0.05, 0) is 49.6 Å². The number of aromatic amines is 1. The van der Waals surface area contributed by atoms with Crippen molar-refractivity contribution >= 4 is 22.5 Å². The van der Waals surface area contributed by atoms with Gasteiger partial charge in [0.05, 0.1) is 6.61 Å². The summed E-state index contributed by atoms with van der Waals surface area (Å²) in [6.07, 6.45) is 1.24. The zero-order valence-corrected chi connectivity index (χ0v) is 12.8. The summed E-state index contributed by atoms with van der Waals surface area (Å²) < 4.78 is 5.26. The molecule has 3 rings (SSSR count). The average Bonchev–Trinajstić information content (AvgIpc) is 2.98. The third-order valence-corrected chi connectivity index (χ3v) is 4.51. The first-order valence-electron chi connectivity index (χ1n) is 7.15. The minimum atomic E-state index is 0.680. The summed E-state index contributed by atoms with van der Waals surface area (Å²) >= 11 is 6.09. The molecule has 3 nitrogen and oxygen atoms in total. The third-order valence-electron chi connectivity index (χ3n) is 4.28. The van der Waals surface area contributed by atoms with Crippen molar-refractivity contribution in [1.82, 2.24) is 9.88 Å². The number of benzene rings is 1. The van der Waals surface area contributed by atoms with E-state index in [4.69, 9.17) is 16.3 Å². The number of aromatic nitrogens is 1. The van der Waals surface area contributed by atoms with Crippen LogP contribution in [-0.2, 0) is 11.3 Å². The molecule has 4 heteroatoms. The molecular weight excluding hydrogens is 272 g/mol. The number of rotatable bonds is 4. The number of likely N-dealkylation sites (tertiary alicyclic amines) is 1. The second-order valence-electron chi connectivity index (χ2n) is 5.76. The van der Waals surface area contributed by atoms with E-state index in [0.29, 0.717) is 5.92 Å². The van der Waals surface area contributed by atoms with Crippen LogP contribution >= 0.6 is 11.6 Å². The molecule has 0 radical (unpaired) electrons. The molecule has 1 aliphatic rings. The predicted octanol–water partition coefficient (Wildman–Crippen LogP) is 3.60. The molecule has 0 spiro atoms. The first kappa shape index (κ1) is 13.9. The van der Waals surface area contributed by atoms with Gasteiger partial charge in [-0.15, -0.1) is 0 Å². The largest absolute Gasteiger partial charge is 0.384 e. The Morgan fingerprint density at radius 3 is 3.10 bits per heavy atom. The first-order chi connectivity index (χ1) is 9.67. The number of hydrogen-bond donors (Lipinski definition) is 1. The van der Waals surface area contributed by atoms with Crippen LogP contribution in [0.3, 0.4) is 0 Å². The molecule has 0 amide bonds. The number of nitrogens with one attached hydrogen (secondary N) is 1. The molecule has 2 aromatic rings. The highest BCUT2D eigenvalue weighted by atomic mass is 35.5. The van der Waals surface area contributed by atoms with Crippen LogP contribution in [0.25, 0.3) is 10.9 Å². The number of fused-ring (bicyclic) bond motifs is 1. The van der Waals surface area contributed by atoms with E-state index < -0.39 is 0 Å². The zero-order chi connectivity index (χ0) is 14.1. The van der Waals surface area contributed by atoms with Crippen LogP contribution in [0.5, 0.6) is 0 Å². The maximum Gasteiger partial charge on any atom is 0.0503 e. The third kappa shape index (κ3) is 2.71. The van der Waals surface area contributed by atoms with Gasteiger partial charge in [-0.1, -0.05) is 11.6 Å². The number of hydrogen-bond acceptors (Lipinski definition) is 2. The fourth-order valence-corrected chi connectivity index (χ4v) is 3.34. The van der Waals surface area contributed by atoms with Gasteiger partial charge in [0, 0.05) is 41.8 Å². The van der Waals surface area contributed by atoms with E-state index in [9.17, 15) is 0 Å². The molecular formula is C16H21ClN2O. The van der Waals surface area contributed by atoms with Crippen LogP contribution in [0.1, 0.15) is 17.7 Å². The Kier molecular flexibility index (Phi) is 4.01. The Morgan fingerprint density at radius 2 is 2.30 bits per heavy atom. The Bertz CT molecular complexity index is 608. The van der Waals surface area contributed by atoms with E-state index >= 15 is 0 Å². The van der Waals surface area contributed by atoms with Gasteiger partial charge in [0.25, 0.3) is 0 Å². The van der Waals surface area contributed by atoms with E-state index in [0.717, 1.165) is 31.3 Å². The van der Waals surface area contributed by atoms with Crippen LogP contribution in [-0.4, -0.2) is 36.7 Å². The first-order valence-corrected chi connectivity index (χ1v) is 7.53. The number of aryl methyl sites for hydroxylation is 1. The van der Waals surface area contributed by atoms with Crippen molar-refractivity contribution in [3.63, 3.8) is 0 Å². The highest BCUT2D eigenvalue weighted by molar-refractivity contribution is 6.31. The van der Waals surface area contributed by atoms with E-state index in [2.05, 4.69) is 22.9 Å². The van der Waals surface area contributed by atoms with Crippen molar-refractivity contribution in [2.45, 2.75) is 19.9 Å². The minimum Gasteiger partial charge on any atom is -0.384 e. The molecule has 1 aliphatic heterocycles. The summed E-state index contributed by atoms with van der Waals surface area (Å²) in [5, 5.41) is 2.03. The molecule has 0 unspecified atom stereocenters. The fourth-order valence-electron chi connectivity index (χ4n) is 3.16. The molecule has 1 aromatic carbocycles. The van der Waals surface area contributed by atoms with Crippen LogP contribution < -0.4 is 0 Å². The zero-order valence-electron chi connectivity index (χ0n) is 12.1. The molecule has 1 aromatic heterocycles. The van der Waals surface area contributed by atoms with Gasteiger partial charge < -0.3 is 9.72 Å². The van der Waals surface area contributed by atoms with Gasteiger partial charge in [0.2, 0.25) is 0 Å². The van der Waals surface area contributed by atoms with Crippen LogP contribution in [0.4, 0.5) is 0 Å². The summed E-state index contributed by atoms with van der Waals surface area (Å²) in [5.41, 5.74) is 3.80. The van der Waals surface area contributed by atoms with E-state index in [-0.39, 0.29) is 0 Å². The Balaban J connectivity index is 1.76. The van der Waals surface area contributed by atoms with Gasteiger partial charge in [0.1, 0.15) is 0 Å². The molecule has 1 fully saturated rings. The van der Waals surface area contributed by atoms with E-state index in [1.165, 1.54) is 28.6 Å². The molecule has 1 atom stereocenters. The summed E-state index contributed by atoms with van der Waals surface area (Å²) in [7, 11) is 1.79. The highest BCUT2D eigenvalue weighted by Crippen LogP contribution is 2.27. The molecule has 108 valence electrons. The van der Waals surface area contributed by atoms with Gasteiger partial charge in [-0.25, -0.2) is 0 Å². The fraction of sp³-hybridized carbons (Fsp3) is 0.500. The molecule has 0 bridgehead atoms.